The highest BCUT2D eigenvalue weighted by Crippen LogP contribution is 2.26. The molecule has 0 saturated heterocycles. The predicted molar refractivity (Wildman–Crippen MR) is 60.2 cm³/mol. The number of para-hydroxylation sites is 1. The van der Waals surface area contributed by atoms with Crippen LogP contribution in [0.25, 0.3) is 0 Å². The first-order valence-corrected chi connectivity index (χ1v) is 5.22. The molecule has 16 heavy (non-hydrogen) atoms. The summed E-state index contributed by atoms with van der Waals surface area (Å²) in [7, 11) is 0. The fraction of sp³-hybridized carbons (Fsp3) is 0.182. The molecule has 0 aliphatic heterocycles. The van der Waals surface area contributed by atoms with Crippen LogP contribution in [0.5, 0.6) is 5.75 Å². The lowest BCUT2D eigenvalue weighted by Crippen LogP contribution is -2.12. The Morgan fingerprint density at radius 1 is 1.31 bits per heavy atom. The molecule has 0 bridgehead atoms. The standard InChI is InChI=1S/C11H11ClN2O2/c12-10-3-1-2-8(11(10)15)6-13-7-9-4-5-14-16-9/h1-5,13,15H,6-7H2. The third-order valence-corrected chi connectivity index (χ3v) is 2.48. The average molecular weight is 239 g/mol. The Balaban J connectivity index is 1.92. The van der Waals surface area contributed by atoms with Crippen molar-refractivity contribution < 1.29 is 9.63 Å². The van der Waals surface area contributed by atoms with E-state index < -0.39 is 0 Å². The number of rotatable bonds is 4. The van der Waals surface area contributed by atoms with Crippen LogP contribution in [-0.2, 0) is 13.1 Å². The molecule has 5 heteroatoms. The molecule has 0 saturated carbocycles. The second kappa shape index (κ2) is 5.01. The molecule has 4 nitrogen and oxygen atoms in total. The van der Waals surface area contributed by atoms with Crippen LogP contribution in [0.15, 0.2) is 35.0 Å². The SMILES string of the molecule is Oc1c(Cl)cccc1CNCc1ccno1. The van der Waals surface area contributed by atoms with Crippen LogP contribution in [-0.4, -0.2) is 10.3 Å². The van der Waals surface area contributed by atoms with Gasteiger partial charge in [0.1, 0.15) is 11.5 Å². The third-order valence-electron chi connectivity index (χ3n) is 2.18. The highest BCUT2D eigenvalue weighted by Gasteiger charge is 2.04. The molecule has 1 aromatic heterocycles. The number of nitrogens with one attached hydrogen (secondary N) is 1. The number of aromatic nitrogens is 1. The minimum Gasteiger partial charge on any atom is -0.506 e. The van der Waals surface area contributed by atoms with Gasteiger partial charge in [-0.2, -0.15) is 0 Å². The first-order valence-electron chi connectivity index (χ1n) is 4.84. The molecule has 0 unspecified atom stereocenters. The predicted octanol–water partition coefficient (Wildman–Crippen LogP) is 2.32. The maximum absolute atomic E-state index is 9.65. The molecule has 2 rings (SSSR count). The number of halogens is 1. The van der Waals surface area contributed by atoms with E-state index >= 15 is 0 Å². The third kappa shape index (κ3) is 2.53. The molecule has 0 aliphatic carbocycles. The Kier molecular flexibility index (Phi) is 3.44. The van der Waals surface area contributed by atoms with Crippen molar-refractivity contribution in [2.24, 2.45) is 0 Å². The zero-order valence-electron chi connectivity index (χ0n) is 8.48. The molecule has 0 spiro atoms. The van der Waals surface area contributed by atoms with Gasteiger partial charge in [0.25, 0.3) is 0 Å². The van der Waals surface area contributed by atoms with E-state index in [1.165, 1.54) is 0 Å². The largest absolute Gasteiger partial charge is 0.506 e. The van der Waals surface area contributed by atoms with Crippen molar-refractivity contribution in [3.8, 4) is 5.75 Å². The first kappa shape index (κ1) is 11.0. The Morgan fingerprint density at radius 3 is 2.94 bits per heavy atom. The monoisotopic (exact) mass is 238 g/mol. The van der Waals surface area contributed by atoms with E-state index in [-0.39, 0.29) is 5.75 Å². The number of hydrogen-bond donors (Lipinski definition) is 2. The molecule has 1 aromatic carbocycles. The molecule has 84 valence electrons. The van der Waals surface area contributed by atoms with Crippen molar-refractivity contribution >= 4 is 11.6 Å². The zero-order chi connectivity index (χ0) is 11.4. The molecular formula is C11H11ClN2O2. The molecule has 2 N–H and O–H groups in total. The molecule has 0 atom stereocenters. The molecule has 1 heterocycles. The maximum Gasteiger partial charge on any atom is 0.150 e. The van der Waals surface area contributed by atoms with E-state index in [0.717, 1.165) is 11.3 Å². The van der Waals surface area contributed by atoms with Crippen LogP contribution < -0.4 is 5.32 Å². The summed E-state index contributed by atoms with van der Waals surface area (Å²) in [6.07, 6.45) is 1.59. The Morgan fingerprint density at radius 2 is 2.19 bits per heavy atom. The summed E-state index contributed by atoms with van der Waals surface area (Å²) in [5, 5.41) is 16.7. The molecule has 0 radical (unpaired) electrons. The van der Waals surface area contributed by atoms with Crippen molar-refractivity contribution in [2.45, 2.75) is 13.1 Å². The summed E-state index contributed by atoms with van der Waals surface area (Å²) in [6.45, 7) is 1.08. The smallest absolute Gasteiger partial charge is 0.150 e. The maximum atomic E-state index is 9.65. The lowest BCUT2D eigenvalue weighted by molar-refractivity contribution is 0.372. The lowest BCUT2D eigenvalue weighted by Gasteiger charge is -2.06. The van der Waals surface area contributed by atoms with Crippen molar-refractivity contribution in [2.75, 3.05) is 0 Å². The summed E-state index contributed by atoms with van der Waals surface area (Å²) >= 11 is 5.79. The Hall–Kier alpha value is -1.52. The van der Waals surface area contributed by atoms with Crippen LogP contribution in [0.1, 0.15) is 11.3 Å². The zero-order valence-corrected chi connectivity index (χ0v) is 9.24. The van der Waals surface area contributed by atoms with E-state index in [9.17, 15) is 5.11 Å². The minimum absolute atomic E-state index is 0.120. The van der Waals surface area contributed by atoms with Crippen LogP contribution in [0.4, 0.5) is 0 Å². The quantitative estimate of drug-likeness (QED) is 0.858. The van der Waals surface area contributed by atoms with Crippen LogP contribution >= 0.6 is 11.6 Å². The van der Waals surface area contributed by atoms with Gasteiger partial charge >= 0.3 is 0 Å². The fourth-order valence-corrected chi connectivity index (χ4v) is 1.55. The van der Waals surface area contributed by atoms with E-state index in [1.807, 2.05) is 6.07 Å². The van der Waals surface area contributed by atoms with Crippen LogP contribution in [0.2, 0.25) is 5.02 Å². The molecule has 0 fully saturated rings. The van der Waals surface area contributed by atoms with Gasteiger partial charge in [0, 0.05) is 18.2 Å². The summed E-state index contributed by atoms with van der Waals surface area (Å²) in [4.78, 5) is 0. The summed E-state index contributed by atoms with van der Waals surface area (Å²) in [6, 6.07) is 7.05. The van der Waals surface area contributed by atoms with Gasteiger partial charge in [-0.05, 0) is 6.07 Å². The first-order chi connectivity index (χ1) is 7.77. The minimum atomic E-state index is 0.120. The molecule has 0 aliphatic rings. The molecule has 2 aromatic rings. The van der Waals surface area contributed by atoms with Crippen molar-refractivity contribution in [3.05, 3.63) is 46.8 Å². The Labute approximate surface area is 97.8 Å². The molecule has 0 amide bonds. The van der Waals surface area contributed by atoms with Gasteiger partial charge in [0.05, 0.1) is 17.8 Å². The summed E-state index contributed by atoms with van der Waals surface area (Å²) in [5.74, 6) is 0.871. The van der Waals surface area contributed by atoms with Gasteiger partial charge < -0.3 is 14.9 Å². The van der Waals surface area contributed by atoms with Gasteiger partial charge in [-0.3, -0.25) is 0 Å². The number of phenols is 1. The number of aromatic hydroxyl groups is 1. The van der Waals surface area contributed by atoms with Gasteiger partial charge in [-0.1, -0.05) is 28.9 Å². The lowest BCUT2D eigenvalue weighted by atomic mass is 10.2. The van der Waals surface area contributed by atoms with Crippen molar-refractivity contribution in [3.63, 3.8) is 0 Å². The highest BCUT2D eigenvalue weighted by atomic mass is 35.5. The van der Waals surface area contributed by atoms with Crippen LogP contribution in [0.3, 0.4) is 0 Å². The van der Waals surface area contributed by atoms with Crippen molar-refractivity contribution in [1.29, 1.82) is 0 Å². The van der Waals surface area contributed by atoms with E-state index in [1.54, 1.807) is 24.4 Å². The van der Waals surface area contributed by atoms with Gasteiger partial charge in [0.2, 0.25) is 0 Å². The summed E-state index contributed by atoms with van der Waals surface area (Å²) in [5.41, 5.74) is 0.756. The number of phenolic OH excluding ortho intramolecular Hbond substituents is 1. The number of hydrogen-bond acceptors (Lipinski definition) is 4. The second-order valence-corrected chi connectivity index (χ2v) is 3.74. The number of nitrogens with zero attached hydrogens (tertiary/aromatic N) is 1. The number of benzene rings is 1. The van der Waals surface area contributed by atoms with Crippen LogP contribution in [0, 0.1) is 0 Å². The Bertz CT molecular complexity index is 457. The highest BCUT2D eigenvalue weighted by molar-refractivity contribution is 6.32. The van der Waals surface area contributed by atoms with Gasteiger partial charge in [-0.15, -0.1) is 0 Å². The van der Waals surface area contributed by atoms with E-state index in [2.05, 4.69) is 10.5 Å². The fourth-order valence-electron chi connectivity index (χ4n) is 1.36. The second-order valence-electron chi connectivity index (χ2n) is 3.33. The summed E-state index contributed by atoms with van der Waals surface area (Å²) < 4.78 is 4.92. The topological polar surface area (TPSA) is 58.3 Å². The van der Waals surface area contributed by atoms with E-state index in [0.29, 0.717) is 18.1 Å². The average Bonchev–Trinajstić information content (AvgIpc) is 2.77. The van der Waals surface area contributed by atoms with Gasteiger partial charge in [0.15, 0.2) is 0 Å². The van der Waals surface area contributed by atoms with Crippen molar-refractivity contribution in [1.82, 2.24) is 10.5 Å². The van der Waals surface area contributed by atoms with Gasteiger partial charge in [-0.25, -0.2) is 0 Å². The van der Waals surface area contributed by atoms with E-state index in [4.69, 9.17) is 16.1 Å². The normalized spacial score (nSPS) is 10.6. The molecular weight excluding hydrogens is 228 g/mol.